The van der Waals surface area contributed by atoms with Crippen molar-refractivity contribution in [2.45, 2.75) is 20.4 Å². The largest absolute Gasteiger partial charge is 0.328 e. The van der Waals surface area contributed by atoms with Crippen LogP contribution in [0.5, 0.6) is 0 Å². The van der Waals surface area contributed by atoms with Crippen LogP contribution in [0, 0.1) is 6.92 Å². The van der Waals surface area contributed by atoms with E-state index in [1.807, 2.05) is 0 Å². The molecule has 0 saturated heterocycles. The van der Waals surface area contributed by atoms with E-state index >= 15 is 0 Å². The molecule has 7 nitrogen and oxygen atoms in total. The summed E-state index contributed by atoms with van der Waals surface area (Å²) in [7, 11) is 0. The Hall–Kier alpha value is -2.57. The Kier molecular flexibility index (Phi) is 3.37. The Balaban J connectivity index is 2.48. The molecule has 0 aromatic carbocycles. The van der Waals surface area contributed by atoms with Gasteiger partial charge in [-0.2, -0.15) is 0 Å². The van der Waals surface area contributed by atoms with Gasteiger partial charge in [-0.1, -0.05) is 0 Å². The minimum absolute atomic E-state index is 0.0252. The van der Waals surface area contributed by atoms with Crippen molar-refractivity contribution < 1.29 is 4.79 Å². The topological polar surface area (TPSA) is 97.7 Å². The maximum absolute atomic E-state index is 12.0. The average molecular weight is 260 g/mol. The summed E-state index contributed by atoms with van der Waals surface area (Å²) >= 11 is 0. The SMILES string of the molecule is CC(=O)c1c[nH]c(=O)n(Cc2cnc(C)cn2)c1=O. The molecule has 0 radical (unpaired) electrons. The predicted molar refractivity (Wildman–Crippen MR) is 67.2 cm³/mol. The number of nitrogens with one attached hydrogen (secondary N) is 1. The first-order valence-electron chi connectivity index (χ1n) is 5.60. The lowest BCUT2D eigenvalue weighted by atomic mass is 10.2. The van der Waals surface area contributed by atoms with Crippen LogP contribution in [-0.4, -0.2) is 25.3 Å². The van der Waals surface area contributed by atoms with Crippen LogP contribution >= 0.6 is 0 Å². The van der Waals surface area contributed by atoms with Crippen LogP contribution in [0.25, 0.3) is 0 Å². The highest BCUT2D eigenvalue weighted by Gasteiger charge is 2.11. The van der Waals surface area contributed by atoms with Crippen molar-refractivity contribution >= 4 is 5.78 Å². The molecule has 98 valence electrons. The number of aromatic amines is 1. The highest BCUT2D eigenvalue weighted by molar-refractivity contribution is 5.93. The third-order valence-corrected chi connectivity index (χ3v) is 2.59. The first kappa shape index (κ1) is 12.9. The van der Waals surface area contributed by atoms with E-state index in [-0.39, 0.29) is 12.1 Å². The zero-order chi connectivity index (χ0) is 14.0. The molecule has 19 heavy (non-hydrogen) atoms. The number of carbonyl (C=O) groups is 1. The summed E-state index contributed by atoms with van der Waals surface area (Å²) in [5.41, 5.74) is -0.0583. The Morgan fingerprint density at radius 1 is 1.32 bits per heavy atom. The van der Waals surface area contributed by atoms with Gasteiger partial charge < -0.3 is 4.98 Å². The Labute approximate surface area is 108 Å². The number of carbonyl (C=O) groups excluding carboxylic acids is 1. The summed E-state index contributed by atoms with van der Waals surface area (Å²) in [6, 6.07) is 0. The van der Waals surface area contributed by atoms with E-state index in [0.717, 1.165) is 16.5 Å². The smallest absolute Gasteiger partial charge is 0.313 e. The molecule has 0 unspecified atom stereocenters. The fourth-order valence-corrected chi connectivity index (χ4v) is 1.57. The second-order valence-electron chi connectivity index (χ2n) is 4.10. The minimum atomic E-state index is -0.626. The average Bonchev–Trinajstić information content (AvgIpc) is 2.36. The van der Waals surface area contributed by atoms with E-state index in [9.17, 15) is 14.4 Å². The van der Waals surface area contributed by atoms with Gasteiger partial charge in [0.2, 0.25) is 0 Å². The molecule has 0 spiro atoms. The summed E-state index contributed by atoms with van der Waals surface area (Å²) < 4.78 is 0.927. The summed E-state index contributed by atoms with van der Waals surface area (Å²) in [5, 5.41) is 0. The number of H-pyrrole nitrogens is 1. The van der Waals surface area contributed by atoms with Gasteiger partial charge in [-0.05, 0) is 13.8 Å². The fraction of sp³-hybridized carbons (Fsp3) is 0.250. The van der Waals surface area contributed by atoms with Gasteiger partial charge in [-0.15, -0.1) is 0 Å². The number of aryl methyl sites for hydroxylation is 1. The molecule has 0 bridgehead atoms. The van der Waals surface area contributed by atoms with Crippen LogP contribution in [-0.2, 0) is 6.54 Å². The molecule has 0 fully saturated rings. The first-order chi connectivity index (χ1) is 8.99. The van der Waals surface area contributed by atoms with E-state index in [1.54, 1.807) is 13.1 Å². The zero-order valence-corrected chi connectivity index (χ0v) is 10.5. The van der Waals surface area contributed by atoms with Gasteiger partial charge in [0.05, 0.1) is 29.7 Å². The van der Waals surface area contributed by atoms with Gasteiger partial charge in [0.25, 0.3) is 5.56 Å². The Bertz CT molecular complexity index is 728. The molecule has 0 aliphatic carbocycles. The zero-order valence-electron chi connectivity index (χ0n) is 10.5. The van der Waals surface area contributed by atoms with Gasteiger partial charge in [0, 0.05) is 12.4 Å². The number of ketones is 1. The van der Waals surface area contributed by atoms with Crippen LogP contribution in [0.1, 0.15) is 28.7 Å². The monoisotopic (exact) mass is 260 g/mol. The summed E-state index contributed by atoms with van der Waals surface area (Å²) in [5.74, 6) is -0.398. The number of aromatic nitrogens is 4. The number of hydrogen-bond acceptors (Lipinski definition) is 5. The van der Waals surface area contributed by atoms with Crippen LogP contribution in [0.4, 0.5) is 0 Å². The lowest BCUT2D eigenvalue weighted by Crippen LogP contribution is -2.38. The summed E-state index contributed by atoms with van der Waals surface area (Å²) in [4.78, 5) is 45.3. The standard InChI is InChI=1S/C12H12N4O3/c1-7-3-14-9(4-13-7)6-16-11(18)10(8(2)17)5-15-12(16)19/h3-5H,6H2,1-2H3,(H,15,19). The van der Waals surface area contributed by atoms with E-state index in [1.165, 1.54) is 13.1 Å². The van der Waals surface area contributed by atoms with Gasteiger partial charge in [0.1, 0.15) is 0 Å². The van der Waals surface area contributed by atoms with Gasteiger partial charge in [0.15, 0.2) is 5.78 Å². The third-order valence-electron chi connectivity index (χ3n) is 2.59. The quantitative estimate of drug-likeness (QED) is 0.776. The molecule has 2 aromatic rings. The van der Waals surface area contributed by atoms with Crippen molar-refractivity contribution in [2.75, 3.05) is 0 Å². The Morgan fingerprint density at radius 3 is 2.63 bits per heavy atom. The van der Waals surface area contributed by atoms with Crippen molar-refractivity contribution in [1.82, 2.24) is 19.5 Å². The normalized spacial score (nSPS) is 10.4. The lowest BCUT2D eigenvalue weighted by molar-refractivity contribution is 0.101. The van der Waals surface area contributed by atoms with Crippen LogP contribution in [0.15, 0.2) is 28.2 Å². The molecule has 1 N–H and O–H groups in total. The molecule has 2 aromatic heterocycles. The van der Waals surface area contributed by atoms with Crippen LogP contribution in [0.3, 0.4) is 0 Å². The molecule has 7 heteroatoms. The first-order valence-corrected chi connectivity index (χ1v) is 5.60. The van der Waals surface area contributed by atoms with Crippen molar-refractivity contribution in [3.63, 3.8) is 0 Å². The number of Topliss-reactive ketones (excluding diaryl/α,β-unsaturated/α-hetero) is 1. The molecule has 0 atom stereocenters. The van der Waals surface area contributed by atoms with Crippen molar-refractivity contribution in [3.05, 3.63) is 56.4 Å². The number of hydrogen-bond donors (Lipinski definition) is 1. The maximum Gasteiger partial charge on any atom is 0.328 e. The molecule has 0 amide bonds. The molecular formula is C12H12N4O3. The van der Waals surface area contributed by atoms with Crippen LogP contribution in [0.2, 0.25) is 0 Å². The second kappa shape index (κ2) is 4.97. The van der Waals surface area contributed by atoms with Gasteiger partial charge in [-0.25, -0.2) is 4.79 Å². The van der Waals surface area contributed by atoms with Gasteiger partial charge >= 0.3 is 5.69 Å². The number of nitrogens with zero attached hydrogens (tertiary/aromatic N) is 3. The van der Waals surface area contributed by atoms with Crippen molar-refractivity contribution in [1.29, 1.82) is 0 Å². The minimum Gasteiger partial charge on any atom is -0.313 e. The third kappa shape index (κ3) is 2.65. The Morgan fingerprint density at radius 2 is 2.05 bits per heavy atom. The maximum atomic E-state index is 12.0. The van der Waals surface area contributed by atoms with Crippen molar-refractivity contribution in [3.8, 4) is 0 Å². The molecule has 0 aliphatic rings. The molecule has 0 aliphatic heterocycles. The van der Waals surface area contributed by atoms with E-state index in [2.05, 4.69) is 15.0 Å². The molecule has 2 heterocycles. The summed E-state index contributed by atoms with van der Waals surface area (Å²) in [6.07, 6.45) is 4.16. The van der Waals surface area contributed by atoms with E-state index < -0.39 is 17.0 Å². The summed E-state index contributed by atoms with van der Waals surface area (Å²) in [6.45, 7) is 3.03. The lowest BCUT2D eigenvalue weighted by Gasteiger charge is -2.05. The highest BCUT2D eigenvalue weighted by Crippen LogP contribution is 1.95. The van der Waals surface area contributed by atoms with Crippen LogP contribution < -0.4 is 11.2 Å². The molecule has 0 saturated carbocycles. The molecule has 2 rings (SSSR count). The van der Waals surface area contributed by atoms with Gasteiger partial charge in [-0.3, -0.25) is 24.1 Å². The highest BCUT2D eigenvalue weighted by atomic mass is 16.2. The molecular weight excluding hydrogens is 248 g/mol. The fourth-order valence-electron chi connectivity index (χ4n) is 1.57. The number of rotatable bonds is 3. The van der Waals surface area contributed by atoms with E-state index in [4.69, 9.17) is 0 Å². The van der Waals surface area contributed by atoms with E-state index in [0.29, 0.717) is 5.69 Å². The second-order valence-corrected chi connectivity index (χ2v) is 4.10. The van der Waals surface area contributed by atoms with Crippen molar-refractivity contribution in [2.24, 2.45) is 0 Å². The predicted octanol–water partition coefficient (Wildman–Crippen LogP) is -0.114.